The minimum Gasteiger partial charge on any atom is -0.397 e. The second-order valence-corrected chi connectivity index (χ2v) is 7.84. The zero-order valence-electron chi connectivity index (χ0n) is 14.6. The summed E-state index contributed by atoms with van der Waals surface area (Å²) in [7, 11) is 0. The zero-order valence-corrected chi connectivity index (χ0v) is 15.4. The molecule has 27 heavy (non-hydrogen) atoms. The Hall–Kier alpha value is -2.41. The van der Waals surface area contributed by atoms with Crippen LogP contribution in [0.3, 0.4) is 0 Å². The Morgan fingerprint density at radius 3 is 2.37 bits per heavy atom. The number of halogens is 3. The van der Waals surface area contributed by atoms with Crippen molar-refractivity contribution < 1.29 is 18.0 Å². The molecule has 140 valence electrons. The van der Waals surface area contributed by atoms with Crippen molar-refractivity contribution >= 4 is 33.0 Å². The minimum atomic E-state index is -4.52. The van der Waals surface area contributed by atoms with Gasteiger partial charge in [-0.05, 0) is 43.7 Å². The fraction of sp³-hybridized carbons (Fsp3) is 0.300. The molecule has 1 aliphatic rings. The van der Waals surface area contributed by atoms with Crippen molar-refractivity contribution in [2.24, 2.45) is 0 Å². The maximum atomic E-state index is 13.5. The van der Waals surface area contributed by atoms with Gasteiger partial charge in [-0.3, -0.25) is 4.79 Å². The van der Waals surface area contributed by atoms with E-state index in [2.05, 4.69) is 4.98 Å². The molecule has 0 spiro atoms. The van der Waals surface area contributed by atoms with Crippen molar-refractivity contribution in [1.82, 2.24) is 4.98 Å². The summed E-state index contributed by atoms with van der Waals surface area (Å²) in [5.41, 5.74) is 8.00. The molecule has 2 aromatic heterocycles. The van der Waals surface area contributed by atoms with Gasteiger partial charge in [0, 0.05) is 10.9 Å². The van der Waals surface area contributed by atoms with Crippen LogP contribution in [0.2, 0.25) is 0 Å². The number of carbonyl (C=O) groups is 1. The van der Waals surface area contributed by atoms with Crippen molar-refractivity contribution in [3.8, 4) is 0 Å². The number of alkyl halides is 3. The first-order valence-electron chi connectivity index (χ1n) is 8.69. The second kappa shape index (κ2) is 6.34. The molecular formula is C20H17F3N2OS. The van der Waals surface area contributed by atoms with Gasteiger partial charge in [-0.1, -0.05) is 29.8 Å². The Morgan fingerprint density at radius 2 is 1.74 bits per heavy atom. The van der Waals surface area contributed by atoms with Crippen LogP contribution in [0.25, 0.3) is 10.2 Å². The zero-order chi connectivity index (χ0) is 19.3. The van der Waals surface area contributed by atoms with Crippen LogP contribution < -0.4 is 5.73 Å². The van der Waals surface area contributed by atoms with Crippen LogP contribution in [0.1, 0.15) is 50.5 Å². The molecule has 4 rings (SSSR count). The van der Waals surface area contributed by atoms with Gasteiger partial charge in [-0.2, -0.15) is 13.2 Å². The van der Waals surface area contributed by atoms with E-state index in [9.17, 15) is 18.0 Å². The van der Waals surface area contributed by atoms with Crippen LogP contribution in [-0.2, 0) is 19.0 Å². The topological polar surface area (TPSA) is 56.0 Å². The fourth-order valence-corrected chi connectivity index (χ4v) is 4.74. The maximum Gasteiger partial charge on any atom is 0.433 e. The van der Waals surface area contributed by atoms with Crippen LogP contribution in [0.4, 0.5) is 18.9 Å². The van der Waals surface area contributed by atoms with Gasteiger partial charge < -0.3 is 5.73 Å². The van der Waals surface area contributed by atoms with Gasteiger partial charge in [-0.25, -0.2) is 4.98 Å². The van der Waals surface area contributed by atoms with E-state index in [4.69, 9.17) is 5.73 Å². The van der Waals surface area contributed by atoms with Gasteiger partial charge in [0.1, 0.15) is 15.4 Å². The van der Waals surface area contributed by atoms with E-state index in [1.807, 2.05) is 19.1 Å². The van der Waals surface area contributed by atoms with Gasteiger partial charge >= 0.3 is 6.18 Å². The Kier molecular flexibility index (Phi) is 4.22. The average molecular weight is 390 g/mol. The number of pyridine rings is 1. The lowest BCUT2D eigenvalue weighted by Crippen LogP contribution is -2.17. The summed E-state index contributed by atoms with van der Waals surface area (Å²) in [5, 5.41) is 0.526. The molecule has 1 aliphatic carbocycles. The van der Waals surface area contributed by atoms with Crippen LogP contribution in [0, 0.1) is 6.92 Å². The number of ketones is 1. The molecule has 0 aliphatic heterocycles. The molecule has 2 heterocycles. The average Bonchev–Trinajstić information content (AvgIpc) is 2.97. The monoisotopic (exact) mass is 390 g/mol. The Bertz CT molecular complexity index is 1050. The van der Waals surface area contributed by atoms with Gasteiger partial charge in [0.25, 0.3) is 0 Å². The van der Waals surface area contributed by atoms with Crippen LogP contribution >= 0.6 is 11.3 Å². The van der Waals surface area contributed by atoms with Crippen molar-refractivity contribution in [1.29, 1.82) is 0 Å². The first kappa shape index (κ1) is 18.0. The van der Waals surface area contributed by atoms with E-state index in [0.717, 1.165) is 23.3 Å². The summed E-state index contributed by atoms with van der Waals surface area (Å²) in [6.45, 7) is 1.91. The molecule has 2 N–H and O–H groups in total. The van der Waals surface area contributed by atoms with Crippen molar-refractivity contribution in [2.45, 2.75) is 38.8 Å². The van der Waals surface area contributed by atoms with Gasteiger partial charge in [0.15, 0.2) is 0 Å². The first-order chi connectivity index (χ1) is 12.8. The number of thiophene rings is 1. The van der Waals surface area contributed by atoms with E-state index in [0.29, 0.717) is 35.8 Å². The highest BCUT2D eigenvalue weighted by atomic mass is 32.1. The smallest absolute Gasteiger partial charge is 0.397 e. The van der Waals surface area contributed by atoms with Gasteiger partial charge in [0.2, 0.25) is 5.78 Å². The number of benzene rings is 1. The maximum absolute atomic E-state index is 13.5. The third-order valence-electron chi connectivity index (χ3n) is 4.98. The second-order valence-electron chi connectivity index (χ2n) is 6.84. The highest BCUT2D eigenvalue weighted by molar-refractivity contribution is 7.21. The summed E-state index contributed by atoms with van der Waals surface area (Å²) in [6.07, 6.45) is -2.15. The molecule has 0 unspecified atom stereocenters. The summed E-state index contributed by atoms with van der Waals surface area (Å²) < 4.78 is 40.5. The number of nitrogens with zero attached hydrogens (tertiary/aromatic N) is 1. The van der Waals surface area contributed by atoms with E-state index in [1.54, 1.807) is 12.1 Å². The fourth-order valence-electron chi connectivity index (χ4n) is 3.65. The lowest BCUT2D eigenvalue weighted by molar-refractivity contribution is -0.141. The van der Waals surface area contributed by atoms with Gasteiger partial charge in [-0.15, -0.1) is 11.3 Å². The highest BCUT2D eigenvalue weighted by Crippen LogP contribution is 2.43. The summed E-state index contributed by atoms with van der Waals surface area (Å²) in [6, 6.07) is 7.04. The number of rotatable bonds is 2. The molecule has 0 amide bonds. The predicted molar refractivity (Wildman–Crippen MR) is 100 cm³/mol. The Morgan fingerprint density at radius 1 is 1.11 bits per heavy atom. The van der Waals surface area contributed by atoms with Crippen LogP contribution in [-0.4, -0.2) is 10.8 Å². The molecule has 0 saturated carbocycles. The normalized spacial score (nSPS) is 14.4. The summed E-state index contributed by atoms with van der Waals surface area (Å²) in [5.74, 6) is -0.284. The molecule has 3 nitrogen and oxygen atoms in total. The van der Waals surface area contributed by atoms with E-state index in [1.165, 1.54) is 0 Å². The lowest BCUT2D eigenvalue weighted by atomic mass is 9.88. The number of hydrogen-bond acceptors (Lipinski definition) is 4. The molecule has 0 saturated heterocycles. The third kappa shape index (κ3) is 3.00. The number of aromatic nitrogens is 1. The summed E-state index contributed by atoms with van der Waals surface area (Å²) >= 11 is 0.948. The van der Waals surface area contributed by atoms with Crippen molar-refractivity contribution in [2.75, 3.05) is 5.73 Å². The highest BCUT2D eigenvalue weighted by Gasteiger charge is 2.38. The van der Waals surface area contributed by atoms with Gasteiger partial charge in [0.05, 0.1) is 5.69 Å². The minimum absolute atomic E-state index is 0.191. The molecule has 0 atom stereocenters. The SMILES string of the molecule is Cc1ccc(C(=O)c2sc3nc(C(F)(F)F)c4c(c3c2N)CCCC4)cc1. The Labute approximate surface area is 158 Å². The third-order valence-corrected chi connectivity index (χ3v) is 6.08. The van der Waals surface area contributed by atoms with Crippen LogP contribution in [0.15, 0.2) is 24.3 Å². The van der Waals surface area contributed by atoms with E-state index in [-0.39, 0.29) is 26.7 Å². The van der Waals surface area contributed by atoms with Crippen LogP contribution in [0.5, 0.6) is 0 Å². The molecule has 0 radical (unpaired) electrons. The number of carbonyl (C=O) groups excluding carboxylic acids is 1. The number of anilines is 1. The molecule has 0 fully saturated rings. The molecule has 0 bridgehead atoms. The lowest BCUT2D eigenvalue weighted by Gasteiger charge is -2.21. The van der Waals surface area contributed by atoms with Crippen molar-refractivity contribution in [3.63, 3.8) is 0 Å². The number of hydrogen-bond donors (Lipinski definition) is 1. The predicted octanol–water partition coefficient (Wildman–Crippen LogP) is 5.32. The molecule has 7 heteroatoms. The molecule has 1 aromatic carbocycles. The number of aryl methyl sites for hydroxylation is 2. The summed E-state index contributed by atoms with van der Waals surface area (Å²) in [4.78, 5) is 17.2. The largest absolute Gasteiger partial charge is 0.433 e. The quantitative estimate of drug-likeness (QED) is 0.603. The Balaban J connectivity index is 1.93. The first-order valence-corrected chi connectivity index (χ1v) is 9.51. The van der Waals surface area contributed by atoms with E-state index >= 15 is 0 Å². The number of nitrogen functional groups attached to an aromatic ring is 1. The van der Waals surface area contributed by atoms with E-state index < -0.39 is 11.9 Å². The standard InChI is InChI=1S/C20H17F3N2OS/c1-10-6-8-11(9-7-10)16(26)17-15(24)14-12-4-2-3-5-13(12)18(20(21,22)23)25-19(14)27-17/h6-9H,2-5,24H2,1H3. The number of fused-ring (bicyclic) bond motifs is 3. The number of nitrogens with two attached hydrogens (primary N) is 1. The molecule has 3 aromatic rings. The van der Waals surface area contributed by atoms with Crippen molar-refractivity contribution in [3.05, 3.63) is 57.1 Å². The molecular weight excluding hydrogens is 373 g/mol.